The van der Waals surface area contributed by atoms with Gasteiger partial charge in [0.2, 0.25) is 0 Å². The van der Waals surface area contributed by atoms with Gasteiger partial charge in [-0.2, -0.15) is 0 Å². The first-order valence-electron chi connectivity index (χ1n) is 11.5. The van der Waals surface area contributed by atoms with Gasteiger partial charge in [0.1, 0.15) is 6.54 Å². The molecule has 1 aromatic rings. The van der Waals surface area contributed by atoms with Gasteiger partial charge in [0.15, 0.2) is 23.1 Å². The van der Waals surface area contributed by atoms with Crippen LogP contribution in [0.5, 0.6) is 11.5 Å². The van der Waals surface area contributed by atoms with Gasteiger partial charge >= 0.3 is 5.97 Å². The standard InChI is InChI=1S/C25H28BrNO6/c1-3-32-20-12-14(11-15(26)25(20)33-4-2)22-23-16(7-5-9-18(23)28)27(13-21(30)31)17-8-6-10-19(29)24(17)22/h11-12,22H,3-10,13H2,1-2H3,(H,30,31). The Morgan fingerprint density at radius 1 is 1.00 bits per heavy atom. The molecular weight excluding hydrogens is 490 g/mol. The third kappa shape index (κ3) is 4.33. The molecule has 1 aliphatic heterocycles. The molecule has 176 valence electrons. The zero-order valence-electron chi connectivity index (χ0n) is 18.9. The van der Waals surface area contributed by atoms with Gasteiger partial charge in [0, 0.05) is 41.3 Å². The summed E-state index contributed by atoms with van der Waals surface area (Å²) in [7, 11) is 0. The maximum absolute atomic E-state index is 13.3. The second-order valence-corrected chi connectivity index (χ2v) is 9.24. The van der Waals surface area contributed by atoms with Gasteiger partial charge in [0.25, 0.3) is 0 Å². The van der Waals surface area contributed by atoms with Crippen LogP contribution in [0.4, 0.5) is 0 Å². The number of Topliss-reactive ketones (excluding diaryl/α,β-unsaturated/α-hetero) is 2. The number of carbonyl (C=O) groups is 3. The van der Waals surface area contributed by atoms with Crippen molar-refractivity contribution in [1.29, 1.82) is 0 Å². The molecule has 7 nitrogen and oxygen atoms in total. The lowest BCUT2D eigenvalue weighted by Gasteiger charge is -2.43. The van der Waals surface area contributed by atoms with Crippen LogP contribution in [0.15, 0.2) is 39.1 Å². The minimum Gasteiger partial charge on any atom is -0.490 e. The molecule has 2 aliphatic carbocycles. The van der Waals surface area contributed by atoms with E-state index >= 15 is 0 Å². The van der Waals surface area contributed by atoms with E-state index in [0.717, 1.165) is 17.0 Å². The van der Waals surface area contributed by atoms with Crippen molar-refractivity contribution in [3.8, 4) is 11.5 Å². The van der Waals surface area contributed by atoms with E-state index in [9.17, 15) is 19.5 Å². The molecule has 0 saturated carbocycles. The second kappa shape index (κ2) is 9.71. The van der Waals surface area contributed by atoms with Gasteiger partial charge in [-0.05, 0) is 73.2 Å². The highest BCUT2D eigenvalue weighted by Crippen LogP contribution is 2.51. The highest BCUT2D eigenvalue weighted by Gasteiger charge is 2.44. The van der Waals surface area contributed by atoms with Crippen molar-refractivity contribution in [3.63, 3.8) is 0 Å². The molecule has 0 aromatic heterocycles. The van der Waals surface area contributed by atoms with Crippen LogP contribution in [0.1, 0.15) is 63.9 Å². The SMILES string of the molecule is CCOc1cc(C2C3=C(CCCC3=O)N(CC(=O)O)C3=C2C(=O)CCC3)cc(Br)c1OCC. The predicted molar refractivity (Wildman–Crippen MR) is 125 cm³/mol. The first kappa shape index (κ1) is 23.5. The van der Waals surface area contributed by atoms with Gasteiger partial charge in [-0.25, -0.2) is 0 Å². The zero-order valence-corrected chi connectivity index (χ0v) is 20.5. The van der Waals surface area contributed by atoms with E-state index in [0.29, 0.717) is 78.9 Å². The first-order valence-corrected chi connectivity index (χ1v) is 12.3. The number of hydrogen-bond acceptors (Lipinski definition) is 6. The number of carbonyl (C=O) groups excluding carboxylic acids is 2. The summed E-state index contributed by atoms with van der Waals surface area (Å²) in [4.78, 5) is 39.9. The van der Waals surface area contributed by atoms with E-state index in [-0.39, 0.29) is 18.1 Å². The number of aliphatic carboxylic acids is 1. The maximum atomic E-state index is 13.3. The Labute approximate surface area is 201 Å². The van der Waals surface area contributed by atoms with Crippen molar-refractivity contribution in [2.24, 2.45) is 0 Å². The van der Waals surface area contributed by atoms with Gasteiger partial charge in [0.05, 0.1) is 17.7 Å². The molecule has 0 unspecified atom stereocenters. The topological polar surface area (TPSA) is 93.1 Å². The van der Waals surface area contributed by atoms with E-state index < -0.39 is 11.9 Å². The van der Waals surface area contributed by atoms with Crippen LogP contribution in [0.3, 0.4) is 0 Å². The third-order valence-electron chi connectivity index (χ3n) is 6.33. The summed E-state index contributed by atoms with van der Waals surface area (Å²) in [6.07, 6.45) is 3.37. The minimum absolute atomic E-state index is 0.0236. The number of ether oxygens (including phenoxy) is 2. The lowest BCUT2D eigenvalue weighted by atomic mass is 9.71. The number of carboxylic acids is 1. The molecule has 4 rings (SSSR count). The van der Waals surface area contributed by atoms with Crippen molar-refractivity contribution in [1.82, 2.24) is 4.90 Å². The molecule has 1 aromatic carbocycles. The lowest BCUT2D eigenvalue weighted by Crippen LogP contribution is -2.41. The van der Waals surface area contributed by atoms with E-state index in [4.69, 9.17) is 9.47 Å². The van der Waals surface area contributed by atoms with E-state index in [1.54, 1.807) is 4.90 Å². The van der Waals surface area contributed by atoms with Crippen molar-refractivity contribution in [2.75, 3.05) is 19.8 Å². The fourth-order valence-corrected chi connectivity index (χ4v) is 5.75. The Balaban J connectivity index is 1.96. The quantitative estimate of drug-likeness (QED) is 0.557. The number of allylic oxidation sites excluding steroid dienone is 4. The summed E-state index contributed by atoms with van der Waals surface area (Å²) in [6, 6.07) is 3.75. The maximum Gasteiger partial charge on any atom is 0.323 e. The molecule has 0 radical (unpaired) electrons. The molecule has 0 atom stereocenters. The summed E-state index contributed by atoms with van der Waals surface area (Å²) in [5.41, 5.74) is 3.37. The summed E-state index contributed by atoms with van der Waals surface area (Å²) in [5, 5.41) is 9.58. The molecule has 3 aliphatic rings. The van der Waals surface area contributed by atoms with Gasteiger partial charge < -0.3 is 19.5 Å². The minimum atomic E-state index is -0.981. The lowest BCUT2D eigenvalue weighted by molar-refractivity contribution is -0.138. The van der Waals surface area contributed by atoms with Crippen LogP contribution in [0.25, 0.3) is 0 Å². The van der Waals surface area contributed by atoms with Crippen molar-refractivity contribution >= 4 is 33.5 Å². The van der Waals surface area contributed by atoms with Crippen molar-refractivity contribution < 1.29 is 29.0 Å². The molecule has 33 heavy (non-hydrogen) atoms. The molecular formula is C25H28BrNO6. The van der Waals surface area contributed by atoms with Crippen molar-refractivity contribution in [3.05, 3.63) is 44.7 Å². The Morgan fingerprint density at radius 3 is 2.09 bits per heavy atom. The Kier molecular flexibility index (Phi) is 6.93. The number of carboxylic acid groups (broad SMARTS) is 1. The van der Waals surface area contributed by atoms with E-state index in [1.807, 2.05) is 26.0 Å². The molecule has 1 N–H and O–H groups in total. The smallest absolute Gasteiger partial charge is 0.323 e. The monoisotopic (exact) mass is 517 g/mol. The van der Waals surface area contributed by atoms with Crippen LogP contribution in [0, 0.1) is 0 Å². The average molecular weight is 518 g/mol. The molecule has 1 heterocycles. The van der Waals surface area contributed by atoms with Crippen LogP contribution in [-0.2, 0) is 14.4 Å². The summed E-state index contributed by atoms with van der Waals surface area (Å²) in [6.45, 7) is 4.43. The normalized spacial score (nSPS) is 18.9. The largest absolute Gasteiger partial charge is 0.490 e. The van der Waals surface area contributed by atoms with E-state index in [2.05, 4.69) is 15.9 Å². The predicted octanol–water partition coefficient (Wildman–Crippen LogP) is 4.74. The number of nitrogens with zero attached hydrogens (tertiary/aromatic N) is 1. The van der Waals surface area contributed by atoms with Crippen LogP contribution in [-0.4, -0.2) is 47.3 Å². The number of halogens is 1. The zero-order chi connectivity index (χ0) is 23.7. The van der Waals surface area contributed by atoms with Gasteiger partial charge in [-0.3, -0.25) is 14.4 Å². The van der Waals surface area contributed by atoms with Gasteiger partial charge in [-0.1, -0.05) is 0 Å². The van der Waals surface area contributed by atoms with Crippen molar-refractivity contribution in [2.45, 2.75) is 58.3 Å². The van der Waals surface area contributed by atoms with Crippen LogP contribution >= 0.6 is 15.9 Å². The fraction of sp³-hybridized carbons (Fsp3) is 0.480. The van der Waals surface area contributed by atoms with E-state index in [1.165, 1.54) is 0 Å². The van der Waals surface area contributed by atoms with Crippen LogP contribution in [0.2, 0.25) is 0 Å². The molecule has 0 amide bonds. The molecule has 0 spiro atoms. The summed E-state index contributed by atoms with van der Waals surface area (Å²) in [5.74, 6) is -0.432. The van der Waals surface area contributed by atoms with Crippen LogP contribution < -0.4 is 9.47 Å². The van der Waals surface area contributed by atoms with Gasteiger partial charge in [-0.15, -0.1) is 0 Å². The highest BCUT2D eigenvalue weighted by atomic mass is 79.9. The number of rotatable bonds is 7. The second-order valence-electron chi connectivity index (χ2n) is 8.38. The molecule has 0 bridgehead atoms. The average Bonchev–Trinajstić information content (AvgIpc) is 2.77. The molecule has 0 saturated heterocycles. The Bertz CT molecular complexity index is 1030. The highest BCUT2D eigenvalue weighted by molar-refractivity contribution is 9.10. The molecule has 0 fully saturated rings. The summed E-state index contributed by atoms with van der Waals surface area (Å²) >= 11 is 3.59. The molecule has 8 heteroatoms. The Hall–Kier alpha value is -2.61. The Morgan fingerprint density at radius 2 is 1.58 bits per heavy atom. The number of ketones is 2. The first-order chi connectivity index (χ1) is 15.9. The summed E-state index contributed by atoms with van der Waals surface area (Å²) < 4.78 is 12.3. The fourth-order valence-electron chi connectivity index (χ4n) is 5.18. The third-order valence-corrected chi connectivity index (χ3v) is 6.92. The number of hydrogen-bond donors (Lipinski definition) is 1. The number of benzene rings is 1.